The molecule has 0 saturated carbocycles. The van der Waals surface area contributed by atoms with E-state index in [4.69, 9.17) is 0 Å². The van der Waals surface area contributed by atoms with Crippen LogP contribution in [0.4, 0.5) is 19.0 Å². The van der Waals surface area contributed by atoms with Gasteiger partial charge < -0.3 is 10.4 Å². The average molecular weight is 327 g/mol. The molecule has 0 aliphatic carbocycles. The van der Waals surface area contributed by atoms with E-state index in [0.29, 0.717) is 11.8 Å². The molecule has 0 radical (unpaired) electrons. The number of alkyl halides is 3. The molecule has 0 fully saturated rings. The molecule has 0 aliphatic heterocycles. The fraction of sp³-hybridized carbons (Fsp3) is 0.400. The summed E-state index contributed by atoms with van der Waals surface area (Å²) in [7, 11) is 0. The van der Waals surface area contributed by atoms with Crippen molar-refractivity contribution in [3.05, 3.63) is 30.1 Å². The van der Waals surface area contributed by atoms with E-state index < -0.39 is 24.0 Å². The summed E-state index contributed by atoms with van der Waals surface area (Å²) in [6.07, 6.45) is -4.16. The minimum atomic E-state index is -4.71. The number of aliphatic carboxylic acids is 1. The highest BCUT2D eigenvalue weighted by molar-refractivity contribution is 5.91. The number of hydrogen-bond acceptors (Lipinski definition) is 4. The van der Waals surface area contributed by atoms with Crippen molar-refractivity contribution in [1.82, 2.24) is 9.97 Å². The third kappa shape index (κ3) is 3.69. The van der Waals surface area contributed by atoms with Gasteiger partial charge in [-0.3, -0.25) is 0 Å². The lowest BCUT2D eigenvalue weighted by molar-refractivity contribution is -0.144. The number of fused-ring (bicyclic) bond motifs is 1. The van der Waals surface area contributed by atoms with Crippen molar-refractivity contribution in [2.45, 2.75) is 32.5 Å². The zero-order valence-corrected chi connectivity index (χ0v) is 12.6. The Morgan fingerprint density at radius 2 is 1.96 bits per heavy atom. The van der Waals surface area contributed by atoms with Gasteiger partial charge in [0.15, 0.2) is 0 Å². The van der Waals surface area contributed by atoms with E-state index in [1.807, 2.05) is 6.92 Å². The second-order valence-corrected chi connectivity index (χ2v) is 5.26. The Bertz CT molecular complexity index is 719. The highest BCUT2D eigenvalue weighted by Crippen LogP contribution is 2.31. The Morgan fingerprint density at radius 3 is 2.52 bits per heavy atom. The summed E-state index contributed by atoms with van der Waals surface area (Å²) in [5.74, 6) is -2.85. The fourth-order valence-corrected chi connectivity index (χ4v) is 2.14. The van der Waals surface area contributed by atoms with Crippen molar-refractivity contribution in [2.24, 2.45) is 5.92 Å². The summed E-state index contributed by atoms with van der Waals surface area (Å²) in [6, 6.07) is 5.12. The van der Waals surface area contributed by atoms with Gasteiger partial charge in [0.05, 0.1) is 5.52 Å². The van der Waals surface area contributed by atoms with Crippen LogP contribution >= 0.6 is 0 Å². The van der Waals surface area contributed by atoms with Gasteiger partial charge in [-0.15, -0.1) is 0 Å². The largest absolute Gasteiger partial charge is 0.480 e. The number of halogens is 3. The number of carboxylic acids is 1. The van der Waals surface area contributed by atoms with Gasteiger partial charge in [0, 0.05) is 5.39 Å². The van der Waals surface area contributed by atoms with Crippen molar-refractivity contribution in [3.8, 4) is 0 Å². The predicted molar refractivity (Wildman–Crippen MR) is 79.0 cm³/mol. The van der Waals surface area contributed by atoms with Gasteiger partial charge in [0.2, 0.25) is 5.82 Å². The third-order valence-corrected chi connectivity index (χ3v) is 3.63. The van der Waals surface area contributed by atoms with Crippen LogP contribution in [0.3, 0.4) is 0 Å². The maximum absolute atomic E-state index is 12.9. The fourth-order valence-electron chi connectivity index (χ4n) is 2.14. The Kier molecular flexibility index (Phi) is 4.72. The highest BCUT2D eigenvalue weighted by atomic mass is 19.4. The number of hydrogen-bond donors (Lipinski definition) is 2. The van der Waals surface area contributed by atoms with E-state index in [-0.39, 0.29) is 17.3 Å². The minimum Gasteiger partial charge on any atom is -0.480 e. The number of para-hydroxylation sites is 1. The third-order valence-electron chi connectivity index (χ3n) is 3.63. The van der Waals surface area contributed by atoms with E-state index in [2.05, 4.69) is 15.3 Å². The number of rotatable bonds is 5. The number of nitrogens with zero attached hydrogens (tertiary/aromatic N) is 2. The zero-order valence-electron chi connectivity index (χ0n) is 12.6. The molecule has 0 unspecified atom stereocenters. The van der Waals surface area contributed by atoms with Crippen LogP contribution in [0.15, 0.2) is 24.3 Å². The molecule has 0 spiro atoms. The second-order valence-electron chi connectivity index (χ2n) is 5.26. The molecule has 2 aromatic rings. The number of carbonyl (C=O) groups is 1. The summed E-state index contributed by atoms with van der Waals surface area (Å²) in [6.45, 7) is 3.52. The Labute approximate surface area is 130 Å². The van der Waals surface area contributed by atoms with Gasteiger partial charge in [0.1, 0.15) is 11.9 Å². The van der Waals surface area contributed by atoms with Crippen LogP contribution in [-0.4, -0.2) is 27.1 Å². The lowest BCUT2D eigenvalue weighted by Crippen LogP contribution is -2.36. The highest BCUT2D eigenvalue weighted by Gasteiger charge is 2.36. The van der Waals surface area contributed by atoms with Crippen LogP contribution in [0.1, 0.15) is 26.1 Å². The molecule has 23 heavy (non-hydrogen) atoms. The predicted octanol–water partition coefficient (Wildman–Crippen LogP) is 3.56. The van der Waals surface area contributed by atoms with Crippen molar-refractivity contribution >= 4 is 22.7 Å². The molecule has 1 heterocycles. The van der Waals surface area contributed by atoms with Gasteiger partial charge >= 0.3 is 12.1 Å². The molecule has 0 aliphatic rings. The normalized spacial score (nSPS) is 14.5. The molecule has 5 nitrogen and oxygen atoms in total. The Balaban J connectivity index is 2.55. The monoisotopic (exact) mass is 327 g/mol. The molecular formula is C15H16F3N3O2. The lowest BCUT2D eigenvalue weighted by Gasteiger charge is -2.22. The van der Waals surface area contributed by atoms with Crippen molar-refractivity contribution in [3.63, 3.8) is 0 Å². The van der Waals surface area contributed by atoms with Gasteiger partial charge in [-0.1, -0.05) is 32.4 Å². The molecule has 124 valence electrons. The van der Waals surface area contributed by atoms with Crippen LogP contribution < -0.4 is 5.32 Å². The maximum atomic E-state index is 12.9. The first-order chi connectivity index (χ1) is 10.7. The number of benzene rings is 1. The molecule has 0 bridgehead atoms. The summed E-state index contributed by atoms with van der Waals surface area (Å²) < 4.78 is 38.8. The summed E-state index contributed by atoms with van der Waals surface area (Å²) in [5, 5.41) is 12.3. The topological polar surface area (TPSA) is 75.1 Å². The number of nitrogens with one attached hydrogen (secondary N) is 1. The summed E-state index contributed by atoms with van der Waals surface area (Å²) >= 11 is 0. The van der Waals surface area contributed by atoms with E-state index in [9.17, 15) is 23.1 Å². The first-order valence-corrected chi connectivity index (χ1v) is 7.07. The van der Waals surface area contributed by atoms with E-state index >= 15 is 0 Å². The molecule has 2 N–H and O–H groups in total. The molecule has 0 saturated heterocycles. The molecule has 8 heteroatoms. The molecule has 1 aromatic heterocycles. The Morgan fingerprint density at radius 1 is 1.30 bits per heavy atom. The maximum Gasteiger partial charge on any atom is 0.451 e. The first kappa shape index (κ1) is 17.0. The number of aromatic nitrogens is 2. The van der Waals surface area contributed by atoms with E-state index in [0.717, 1.165) is 0 Å². The van der Waals surface area contributed by atoms with Crippen molar-refractivity contribution in [2.75, 3.05) is 5.32 Å². The Hall–Kier alpha value is -2.38. The second kappa shape index (κ2) is 6.39. The summed E-state index contributed by atoms with van der Waals surface area (Å²) in [4.78, 5) is 18.4. The van der Waals surface area contributed by atoms with Crippen LogP contribution in [0.5, 0.6) is 0 Å². The molecule has 2 atom stereocenters. The quantitative estimate of drug-likeness (QED) is 0.878. The van der Waals surface area contributed by atoms with E-state index in [1.54, 1.807) is 25.1 Å². The van der Waals surface area contributed by atoms with Gasteiger partial charge in [-0.2, -0.15) is 13.2 Å². The van der Waals surface area contributed by atoms with Crippen LogP contribution in [0.2, 0.25) is 0 Å². The number of anilines is 1. The van der Waals surface area contributed by atoms with Crippen LogP contribution in [-0.2, 0) is 11.0 Å². The molecule has 1 aromatic carbocycles. The molecular weight excluding hydrogens is 311 g/mol. The first-order valence-electron chi connectivity index (χ1n) is 7.07. The van der Waals surface area contributed by atoms with Crippen molar-refractivity contribution in [1.29, 1.82) is 0 Å². The van der Waals surface area contributed by atoms with Crippen LogP contribution in [0.25, 0.3) is 10.9 Å². The smallest absolute Gasteiger partial charge is 0.451 e. The zero-order chi connectivity index (χ0) is 17.2. The SMILES string of the molecule is CC[C@@H](C)[C@H](Nc1nc(C(F)(F)F)nc2ccccc12)C(=O)O. The van der Waals surface area contributed by atoms with Gasteiger partial charge in [-0.05, 0) is 18.1 Å². The molecule has 2 rings (SSSR count). The average Bonchev–Trinajstić information content (AvgIpc) is 2.50. The van der Waals surface area contributed by atoms with Crippen molar-refractivity contribution < 1.29 is 23.1 Å². The minimum absolute atomic E-state index is 0.102. The van der Waals surface area contributed by atoms with Gasteiger partial charge in [-0.25, -0.2) is 14.8 Å². The standard InChI is InChI=1S/C15H16F3N3O2/c1-3-8(2)11(13(22)23)20-12-9-6-4-5-7-10(9)19-14(21-12)15(16,17)18/h4-8,11H,3H2,1-2H3,(H,22,23)(H,19,20,21)/t8-,11+/m1/s1. The number of carboxylic acid groups (broad SMARTS) is 1. The summed E-state index contributed by atoms with van der Waals surface area (Å²) in [5.41, 5.74) is 0.102. The van der Waals surface area contributed by atoms with E-state index in [1.165, 1.54) is 6.07 Å². The molecule has 0 amide bonds. The lowest BCUT2D eigenvalue weighted by atomic mass is 9.99. The van der Waals surface area contributed by atoms with Crippen LogP contribution in [0, 0.1) is 5.92 Å². The van der Waals surface area contributed by atoms with Gasteiger partial charge in [0.25, 0.3) is 0 Å².